The largest absolute Gasteiger partial charge is 0.486 e. The number of carbonyl (C=O) groups excluding carboxylic acids is 1. The molecule has 0 bridgehead atoms. The Morgan fingerprint density at radius 2 is 1.72 bits per heavy atom. The summed E-state index contributed by atoms with van der Waals surface area (Å²) < 4.78 is 38.9. The van der Waals surface area contributed by atoms with E-state index in [1.165, 1.54) is 4.31 Å². The van der Waals surface area contributed by atoms with Crippen molar-refractivity contribution in [3.05, 3.63) is 53.1 Å². The summed E-state index contributed by atoms with van der Waals surface area (Å²) in [6.07, 6.45) is 1.04. The maximum Gasteiger partial charge on any atom is 0.243 e. The maximum absolute atomic E-state index is 13.1. The third kappa shape index (κ3) is 4.61. The number of nitrogens with zero attached hydrogens (tertiary/aromatic N) is 2. The molecule has 32 heavy (non-hydrogen) atoms. The number of fused-ring (bicyclic) bond motifs is 1. The van der Waals surface area contributed by atoms with Crippen molar-refractivity contribution in [2.24, 2.45) is 5.92 Å². The second-order valence-electron chi connectivity index (χ2n) is 8.62. The lowest BCUT2D eigenvalue weighted by Crippen LogP contribution is -2.43. The Kier molecular flexibility index (Phi) is 6.44. The quantitative estimate of drug-likeness (QED) is 0.688. The minimum Gasteiger partial charge on any atom is -0.486 e. The van der Waals surface area contributed by atoms with Gasteiger partial charge in [0.05, 0.1) is 4.90 Å². The average Bonchev–Trinajstić information content (AvgIpc) is 2.78. The fourth-order valence-electron chi connectivity index (χ4n) is 4.42. The van der Waals surface area contributed by atoms with E-state index in [4.69, 9.17) is 9.47 Å². The van der Waals surface area contributed by atoms with Gasteiger partial charge in [0.1, 0.15) is 13.2 Å². The predicted octanol–water partition coefficient (Wildman–Crippen LogP) is 3.13. The second-order valence-corrected chi connectivity index (χ2v) is 10.5. The monoisotopic (exact) mass is 458 g/mol. The number of amides is 1. The molecule has 0 saturated carbocycles. The number of carbonyl (C=O) groups is 1. The van der Waals surface area contributed by atoms with Crippen LogP contribution >= 0.6 is 0 Å². The van der Waals surface area contributed by atoms with Gasteiger partial charge >= 0.3 is 0 Å². The van der Waals surface area contributed by atoms with Gasteiger partial charge in [0.15, 0.2) is 11.5 Å². The third-order valence-corrected chi connectivity index (χ3v) is 8.21. The Morgan fingerprint density at radius 3 is 2.41 bits per heavy atom. The average molecular weight is 459 g/mol. The molecular weight excluding hydrogens is 428 g/mol. The normalized spacial score (nSPS) is 17.2. The van der Waals surface area contributed by atoms with Crippen LogP contribution in [-0.4, -0.2) is 56.9 Å². The van der Waals surface area contributed by atoms with Crippen LogP contribution in [0.15, 0.2) is 41.3 Å². The number of piperidine rings is 1. The summed E-state index contributed by atoms with van der Waals surface area (Å²) in [5.41, 5.74) is 2.76. The van der Waals surface area contributed by atoms with Gasteiger partial charge in [-0.15, -0.1) is 0 Å². The molecule has 0 N–H and O–H groups in total. The number of benzene rings is 2. The van der Waals surface area contributed by atoms with E-state index in [0.717, 1.165) is 22.4 Å². The molecule has 8 heteroatoms. The zero-order chi connectivity index (χ0) is 22.9. The molecule has 0 spiro atoms. The Morgan fingerprint density at radius 1 is 1.03 bits per heavy atom. The number of hydrogen-bond donors (Lipinski definition) is 0. The summed E-state index contributed by atoms with van der Waals surface area (Å²) in [5, 5.41) is 0. The zero-order valence-electron chi connectivity index (χ0n) is 18.8. The summed E-state index contributed by atoms with van der Waals surface area (Å²) in [7, 11) is -1.76. The molecule has 2 aliphatic rings. The summed E-state index contributed by atoms with van der Waals surface area (Å²) in [6, 6.07) is 11.1. The SMILES string of the molecule is Cc1ccc(S(=O)(=O)N2CCC(C(=O)N(C)Cc3ccc4c(c3)OCCO4)CC2)c(C)c1. The van der Waals surface area contributed by atoms with Gasteiger partial charge in [-0.05, 0) is 56.0 Å². The van der Waals surface area contributed by atoms with E-state index in [-0.39, 0.29) is 11.8 Å². The highest BCUT2D eigenvalue weighted by atomic mass is 32.2. The molecular formula is C24H30N2O5S. The van der Waals surface area contributed by atoms with Gasteiger partial charge in [0, 0.05) is 32.6 Å². The molecule has 0 unspecified atom stereocenters. The topological polar surface area (TPSA) is 76.2 Å². The molecule has 4 rings (SSSR count). The second kappa shape index (κ2) is 9.11. The molecule has 0 radical (unpaired) electrons. The van der Waals surface area contributed by atoms with Gasteiger partial charge in [-0.2, -0.15) is 4.31 Å². The molecule has 0 atom stereocenters. The number of rotatable bonds is 5. The smallest absolute Gasteiger partial charge is 0.243 e. The van der Waals surface area contributed by atoms with Gasteiger partial charge in [-0.1, -0.05) is 23.8 Å². The number of sulfonamides is 1. The van der Waals surface area contributed by atoms with E-state index in [1.54, 1.807) is 18.0 Å². The van der Waals surface area contributed by atoms with Crippen molar-refractivity contribution in [1.29, 1.82) is 0 Å². The van der Waals surface area contributed by atoms with Crippen LogP contribution in [0.4, 0.5) is 0 Å². The first-order chi connectivity index (χ1) is 15.3. The van der Waals surface area contributed by atoms with Crippen molar-refractivity contribution in [3.8, 4) is 11.5 Å². The highest BCUT2D eigenvalue weighted by Gasteiger charge is 2.33. The van der Waals surface area contributed by atoms with Crippen LogP contribution in [0, 0.1) is 19.8 Å². The molecule has 1 saturated heterocycles. The lowest BCUT2D eigenvalue weighted by molar-refractivity contribution is -0.135. The van der Waals surface area contributed by atoms with Gasteiger partial charge in [-0.3, -0.25) is 4.79 Å². The van der Waals surface area contributed by atoms with Gasteiger partial charge in [0.25, 0.3) is 0 Å². The van der Waals surface area contributed by atoms with E-state index >= 15 is 0 Å². The molecule has 0 aromatic heterocycles. The minimum atomic E-state index is -3.55. The van der Waals surface area contributed by atoms with E-state index in [0.29, 0.717) is 56.3 Å². The van der Waals surface area contributed by atoms with Crippen LogP contribution < -0.4 is 9.47 Å². The Labute approximate surface area is 190 Å². The van der Waals surface area contributed by atoms with Crippen LogP contribution in [0.3, 0.4) is 0 Å². The number of ether oxygens (including phenoxy) is 2. The van der Waals surface area contributed by atoms with E-state index in [2.05, 4.69) is 0 Å². The summed E-state index contributed by atoms with van der Waals surface area (Å²) in [4.78, 5) is 15.1. The first-order valence-corrected chi connectivity index (χ1v) is 12.4. The van der Waals surface area contributed by atoms with Gasteiger partial charge in [-0.25, -0.2) is 8.42 Å². The molecule has 1 fully saturated rings. The molecule has 172 valence electrons. The molecule has 2 heterocycles. The van der Waals surface area contributed by atoms with Crippen LogP contribution in [0.2, 0.25) is 0 Å². The van der Waals surface area contributed by atoms with Crippen molar-refractivity contribution >= 4 is 15.9 Å². The Bertz CT molecular complexity index is 1110. The fourth-order valence-corrected chi connectivity index (χ4v) is 6.10. The van der Waals surface area contributed by atoms with Crippen molar-refractivity contribution in [2.75, 3.05) is 33.4 Å². The van der Waals surface area contributed by atoms with Crippen molar-refractivity contribution in [2.45, 2.75) is 38.1 Å². The third-order valence-electron chi connectivity index (χ3n) is 6.15. The van der Waals surface area contributed by atoms with Crippen molar-refractivity contribution in [1.82, 2.24) is 9.21 Å². The predicted molar refractivity (Wildman–Crippen MR) is 121 cm³/mol. The Hall–Kier alpha value is -2.58. The van der Waals surface area contributed by atoms with E-state index in [9.17, 15) is 13.2 Å². The number of aryl methyl sites for hydroxylation is 2. The highest BCUT2D eigenvalue weighted by molar-refractivity contribution is 7.89. The summed E-state index contributed by atoms with van der Waals surface area (Å²) in [5.74, 6) is 1.30. The summed E-state index contributed by atoms with van der Waals surface area (Å²) in [6.45, 7) is 6.01. The standard InChI is InChI=1S/C24H30N2O5S/c1-17-4-7-23(18(2)14-17)32(28,29)26-10-8-20(9-11-26)24(27)25(3)16-19-5-6-21-22(15-19)31-13-12-30-21/h4-7,14-15,20H,8-13,16H2,1-3H3. The fraction of sp³-hybridized carbons (Fsp3) is 0.458. The molecule has 1 amide bonds. The molecule has 2 aliphatic heterocycles. The lowest BCUT2D eigenvalue weighted by atomic mass is 9.96. The maximum atomic E-state index is 13.1. The molecule has 7 nitrogen and oxygen atoms in total. The van der Waals surface area contributed by atoms with Crippen LogP contribution in [0.25, 0.3) is 0 Å². The first-order valence-electron chi connectivity index (χ1n) is 11.0. The zero-order valence-corrected chi connectivity index (χ0v) is 19.7. The first kappa shape index (κ1) is 22.6. The molecule has 2 aromatic carbocycles. The van der Waals surface area contributed by atoms with Crippen molar-refractivity contribution < 1.29 is 22.7 Å². The van der Waals surface area contributed by atoms with Crippen LogP contribution in [-0.2, 0) is 21.4 Å². The lowest BCUT2D eigenvalue weighted by Gasteiger charge is -2.33. The minimum absolute atomic E-state index is 0.0449. The van der Waals surface area contributed by atoms with Gasteiger partial charge < -0.3 is 14.4 Å². The van der Waals surface area contributed by atoms with Gasteiger partial charge in [0.2, 0.25) is 15.9 Å². The highest BCUT2D eigenvalue weighted by Crippen LogP contribution is 2.32. The van der Waals surface area contributed by atoms with Crippen molar-refractivity contribution in [3.63, 3.8) is 0 Å². The number of hydrogen-bond acceptors (Lipinski definition) is 5. The van der Waals surface area contributed by atoms with Crippen LogP contribution in [0.1, 0.15) is 29.5 Å². The Balaban J connectivity index is 1.36. The molecule has 2 aromatic rings. The van der Waals surface area contributed by atoms with Crippen LogP contribution in [0.5, 0.6) is 11.5 Å². The summed E-state index contributed by atoms with van der Waals surface area (Å²) >= 11 is 0. The van der Waals surface area contributed by atoms with E-state index < -0.39 is 10.0 Å². The van der Waals surface area contributed by atoms with E-state index in [1.807, 2.05) is 44.2 Å². The molecule has 0 aliphatic carbocycles.